The predicted molar refractivity (Wildman–Crippen MR) is 64.5 cm³/mol. The van der Waals surface area contributed by atoms with E-state index in [-0.39, 0.29) is 42.4 Å². The summed E-state index contributed by atoms with van der Waals surface area (Å²) in [4.78, 5) is 21.7. The van der Waals surface area contributed by atoms with Gasteiger partial charge in [-0.05, 0) is 13.0 Å². The Bertz CT molecular complexity index is 527. The van der Waals surface area contributed by atoms with E-state index in [1.807, 2.05) is 0 Å². The Morgan fingerprint density at radius 1 is 1.58 bits per heavy atom. The van der Waals surface area contributed by atoms with Crippen molar-refractivity contribution in [2.75, 3.05) is 13.2 Å². The van der Waals surface area contributed by atoms with Gasteiger partial charge in [-0.1, -0.05) is 0 Å². The predicted octanol–water partition coefficient (Wildman–Crippen LogP) is 0.858. The molecular formula is C12H13NO6. The first kappa shape index (κ1) is 13.3. The number of ketones is 1. The molecule has 0 fully saturated rings. The monoisotopic (exact) mass is 267 g/mol. The number of rotatable bonds is 4. The molecule has 0 spiro atoms. The van der Waals surface area contributed by atoms with Gasteiger partial charge in [-0.2, -0.15) is 0 Å². The number of fused-ring (bicyclic) bond motifs is 1. The van der Waals surface area contributed by atoms with E-state index in [2.05, 4.69) is 0 Å². The molecule has 7 heteroatoms. The van der Waals surface area contributed by atoms with Crippen LogP contribution in [0.25, 0.3) is 0 Å². The quantitative estimate of drug-likeness (QED) is 0.641. The SMILES string of the molecule is CC(=O)Cc1c([N+](=O)[O-])ccc2c1OC(CO)CO2. The van der Waals surface area contributed by atoms with Gasteiger partial charge >= 0.3 is 0 Å². The van der Waals surface area contributed by atoms with E-state index in [1.54, 1.807) is 0 Å². The normalized spacial score (nSPS) is 17.1. The van der Waals surface area contributed by atoms with Gasteiger partial charge in [-0.25, -0.2) is 0 Å². The molecule has 7 nitrogen and oxygen atoms in total. The molecule has 1 unspecified atom stereocenters. The highest BCUT2D eigenvalue weighted by molar-refractivity contribution is 5.81. The van der Waals surface area contributed by atoms with Crippen molar-refractivity contribution in [3.63, 3.8) is 0 Å². The molecule has 1 aromatic carbocycles. The van der Waals surface area contributed by atoms with Crippen LogP contribution in [0.2, 0.25) is 0 Å². The fourth-order valence-electron chi connectivity index (χ4n) is 1.90. The van der Waals surface area contributed by atoms with Crippen LogP contribution in [0.1, 0.15) is 12.5 Å². The molecule has 0 aromatic heterocycles. The van der Waals surface area contributed by atoms with Crippen molar-refractivity contribution >= 4 is 11.5 Å². The zero-order valence-electron chi connectivity index (χ0n) is 10.3. The highest BCUT2D eigenvalue weighted by Crippen LogP contribution is 2.40. The van der Waals surface area contributed by atoms with Crippen LogP contribution in [0.15, 0.2) is 12.1 Å². The summed E-state index contributed by atoms with van der Waals surface area (Å²) in [6, 6.07) is 2.73. The van der Waals surface area contributed by atoms with Gasteiger partial charge in [0.25, 0.3) is 5.69 Å². The standard InChI is InChI=1S/C12H13NO6/c1-7(15)4-9-10(13(16)17)2-3-11-12(9)19-8(5-14)6-18-11/h2-3,8,14H,4-6H2,1H3. The molecule has 2 rings (SSSR count). The summed E-state index contributed by atoms with van der Waals surface area (Å²) in [5, 5.41) is 20.1. The van der Waals surface area contributed by atoms with Gasteiger partial charge in [0.15, 0.2) is 17.6 Å². The highest BCUT2D eigenvalue weighted by atomic mass is 16.6. The molecule has 1 N–H and O–H groups in total. The minimum Gasteiger partial charge on any atom is -0.486 e. The highest BCUT2D eigenvalue weighted by Gasteiger charge is 2.29. The van der Waals surface area contributed by atoms with Gasteiger partial charge in [0.05, 0.1) is 17.1 Å². The van der Waals surface area contributed by atoms with Crippen molar-refractivity contribution in [3.8, 4) is 11.5 Å². The molecule has 1 aliphatic rings. The van der Waals surface area contributed by atoms with Gasteiger partial charge in [-0.15, -0.1) is 0 Å². The van der Waals surface area contributed by atoms with E-state index in [0.29, 0.717) is 5.75 Å². The van der Waals surface area contributed by atoms with Crippen molar-refractivity contribution in [1.29, 1.82) is 0 Å². The molecule has 0 saturated heterocycles. The lowest BCUT2D eigenvalue weighted by atomic mass is 10.0. The maximum atomic E-state index is 11.3. The summed E-state index contributed by atoms with van der Waals surface area (Å²) in [5.41, 5.74) is 0.00397. The summed E-state index contributed by atoms with van der Waals surface area (Å²) in [6.07, 6.45) is -0.693. The van der Waals surface area contributed by atoms with E-state index >= 15 is 0 Å². The Balaban J connectivity index is 2.51. The molecule has 1 atom stereocenters. The first-order valence-electron chi connectivity index (χ1n) is 5.73. The molecule has 19 heavy (non-hydrogen) atoms. The Kier molecular flexibility index (Phi) is 3.66. The number of hydrogen-bond acceptors (Lipinski definition) is 6. The number of aliphatic hydroxyl groups excluding tert-OH is 1. The molecule has 0 radical (unpaired) electrons. The molecule has 0 bridgehead atoms. The average molecular weight is 267 g/mol. The lowest BCUT2D eigenvalue weighted by Gasteiger charge is -2.26. The molecule has 0 amide bonds. The summed E-state index contributed by atoms with van der Waals surface area (Å²) >= 11 is 0. The van der Waals surface area contributed by atoms with Gasteiger partial charge in [0, 0.05) is 12.5 Å². The van der Waals surface area contributed by atoms with Crippen molar-refractivity contribution in [3.05, 3.63) is 27.8 Å². The largest absolute Gasteiger partial charge is 0.486 e. The van der Waals surface area contributed by atoms with Crippen LogP contribution in [0.4, 0.5) is 5.69 Å². The van der Waals surface area contributed by atoms with Crippen LogP contribution in [-0.4, -0.2) is 35.1 Å². The maximum Gasteiger partial charge on any atom is 0.277 e. The maximum absolute atomic E-state index is 11.3. The lowest BCUT2D eigenvalue weighted by molar-refractivity contribution is -0.385. The second-order valence-corrected chi connectivity index (χ2v) is 4.26. The van der Waals surface area contributed by atoms with Crippen LogP contribution in [0, 0.1) is 10.1 Å². The average Bonchev–Trinajstić information content (AvgIpc) is 2.37. The van der Waals surface area contributed by atoms with Gasteiger partial charge in [-0.3, -0.25) is 14.9 Å². The molecular weight excluding hydrogens is 254 g/mol. The smallest absolute Gasteiger partial charge is 0.277 e. The third-order valence-corrected chi connectivity index (χ3v) is 2.73. The number of hydrogen-bond donors (Lipinski definition) is 1. The van der Waals surface area contributed by atoms with Crippen LogP contribution in [-0.2, 0) is 11.2 Å². The number of nitro groups is 1. The molecule has 0 saturated carbocycles. The minimum absolute atomic E-state index is 0.110. The number of nitrogens with zero attached hydrogens (tertiary/aromatic N) is 1. The van der Waals surface area contributed by atoms with E-state index in [0.717, 1.165) is 0 Å². The first-order chi connectivity index (χ1) is 9.02. The number of nitro benzene ring substituents is 1. The fraction of sp³-hybridized carbons (Fsp3) is 0.417. The summed E-state index contributed by atoms with van der Waals surface area (Å²) in [6.45, 7) is 1.25. The third-order valence-electron chi connectivity index (χ3n) is 2.73. The first-order valence-corrected chi connectivity index (χ1v) is 5.73. The summed E-state index contributed by atoms with van der Waals surface area (Å²) < 4.78 is 10.8. The zero-order chi connectivity index (χ0) is 14.0. The summed E-state index contributed by atoms with van der Waals surface area (Å²) in [7, 11) is 0. The lowest BCUT2D eigenvalue weighted by Crippen LogP contribution is -2.33. The second kappa shape index (κ2) is 5.23. The molecule has 1 aromatic rings. The molecule has 1 heterocycles. The van der Waals surface area contributed by atoms with Crippen molar-refractivity contribution in [2.24, 2.45) is 0 Å². The van der Waals surface area contributed by atoms with Crippen LogP contribution in [0.5, 0.6) is 11.5 Å². The number of Topliss-reactive ketones (excluding diaryl/α,β-unsaturated/α-hetero) is 1. The number of carbonyl (C=O) groups is 1. The topological polar surface area (TPSA) is 98.9 Å². The van der Waals surface area contributed by atoms with E-state index in [9.17, 15) is 14.9 Å². The van der Waals surface area contributed by atoms with Gasteiger partial charge in [0.2, 0.25) is 0 Å². The Morgan fingerprint density at radius 2 is 2.32 bits per heavy atom. The van der Waals surface area contributed by atoms with Crippen molar-refractivity contribution in [1.82, 2.24) is 0 Å². The Morgan fingerprint density at radius 3 is 2.89 bits per heavy atom. The zero-order valence-corrected chi connectivity index (χ0v) is 10.3. The Hall–Kier alpha value is -2.15. The number of carbonyl (C=O) groups excluding carboxylic acids is 1. The Labute approximate surface area is 108 Å². The minimum atomic E-state index is -0.583. The number of ether oxygens (including phenoxy) is 2. The second-order valence-electron chi connectivity index (χ2n) is 4.26. The third kappa shape index (κ3) is 2.65. The van der Waals surface area contributed by atoms with Crippen molar-refractivity contribution < 1.29 is 24.3 Å². The molecule has 102 valence electrons. The van der Waals surface area contributed by atoms with E-state index in [4.69, 9.17) is 14.6 Å². The van der Waals surface area contributed by atoms with E-state index < -0.39 is 11.0 Å². The molecule has 1 aliphatic heterocycles. The number of aliphatic hydroxyl groups is 1. The fourth-order valence-corrected chi connectivity index (χ4v) is 1.90. The van der Waals surface area contributed by atoms with Crippen LogP contribution in [0.3, 0.4) is 0 Å². The van der Waals surface area contributed by atoms with Gasteiger partial charge in [0.1, 0.15) is 12.4 Å². The van der Waals surface area contributed by atoms with Gasteiger partial charge < -0.3 is 14.6 Å². The number of benzene rings is 1. The summed E-state index contributed by atoms with van der Waals surface area (Å²) in [5.74, 6) is 0.312. The van der Waals surface area contributed by atoms with Crippen LogP contribution >= 0.6 is 0 Å². The van der Waals surface area contributed by atoms with E-state index in [1.165, 1.54) is 19.1 Å². The molecule has 0 aliphatic carbocycles. The van der Waals surface area contributed by atoms with Crippen LogP contribution < -0.4 is 9.47 Å². The van der Waals surface area contributed by atoms with Crippen molar-refractivity contribution in [2.45, 2.75) is 19.4 Å².